The summed E-state index contributed by atoms with van der Waals surface area (Å²) < 4.78 is 0. The van der Waals surface area contributed by atoms with Crippen molar-refractivity contribution in [3.8, 4) is 0 Å². The quantitative estimate of drug-likeness (QED) is 0.728. The van der Waals surface area contributed by atoms with Crippen LogP contribution in [0.1, 0.15) is 13.3 Å². The normalized spacial score (nSPS) is 10.4. The van der Waals surface area contributed by atoms with Crippen molar-refractivity contribution in [2.24, 2.45) is 5.73 Å². The fraction of sp³-hybridized carbons (Fsp3) is 0.308. The van der Waals surface area contributed by atoms with E-state index in [1.165, 1.54) is 0 Å². The molecule has 100 valence electrons. The van der Waals surface area contributed by atoms with Crippen LogP contribution in [0, 0.1) is 0 Å². The molecule has 0 aliphatic carbocycles. The lowest BCUT2D eigenvalue weighted by Gasteiger charge is -2.10. The average molecular weight is 259 g/mol. The van der Waals surface area contributed by atoms with E-state index in [1.54, 1.807) is 0 Å². The molecule has 2 aromatic rings. The predicted molar refractivity (Wildman–Crippen MR) is 76.0 cm³/mol. The molecule has 0 saturated heterocycles. The van der Waals surface area contributed by atoms with Crippen molar-refractivity contribution in [2.75, 3.05) is 23.7 Å². The van der Waals surface area contributed by atoms with Gasteiger partial charge >= 0.3 is 0 Å². The Morgan fingerprint density at radius 2 is 2.05 bits per heavy atom. The Bertz CT molecular complexity index is 584. The Labute approximate surface area is 111 Å². The number of nitrogens with two attached hydrogens (primary N) is 1. The first-order chi connectivity index (χ1) is 9.20. The number of nitrogens with one attached hydrogen (secondary N) is 2. The number of anilines is 2. The first-order valence-electron chi connectivity index (χ1n) is 6.23. The SMILES string of the molecule is CCCNc1nc(NCC(N)=O)c2ccccc2n1. The second-order valence-electron chi connectivity index (χ2n) is 4.16. The lowest BCUT2D eigenvalue weighted by atomic mass is 10.2. The highest BCUT2D eigenvalue weighted by Gasteiger charge is 2.07. The van der Waals surface area contributed by atoms with E-state index < -0.39 is 5.91 Å². The largest absolute Gasteiger partial charge is 0.368 e. The minimum Gasteiger partial charge on any atom is -0.368 e. The number of rotatable bonds is 6. The van der Waals surface area contributed by atoms with Gasteiger partial charge in [0.1, 0.15) is 5.82 Å². The van der Waals surface area contributed by atoms with Gasteiger partial charge in [0.2, 0.25) is 11.9 Å². The van der Waals surface area contributed by atoms with E-state index in [9.17, 15) is 4.79 Å². The highest BCUT2D eigenvalue weighted by molar-refractivity contribution is 5.91. The van der Waals surface area contributed by atoms with Crippen molar-refractivity contribution >= 4 is 28.6 Å². The van der Waals surface area contributed by atoms with Gasteiger partial charge < -0.3 is 16.4 Å². The van der Waals surface area contributed by atoms with Crippen molar-refractivity contribution in [3.63, 3.8) is 0 Å². The molecular weight excluding hydrogens is 242 g/mol. The standard InChI is InChI=1S/C13H17N5O/c1-2-7-15-13-17-10-6-4-3-5-9(10)12(18-13)16-8-11(14)19/h3-6H,2,7-8H2,1H3,(H2,14,19)(H2,15,16,17,18). The van der Waals surface area contributed by atoms with Gasteiger partial charge in [-0.1, -0.05) is 19.1 Å². The molecule has 0 aliphatic heterocycles. The third-order valence-electron chi connectivity index (χ3n) is 2.57. The summed E-state index contributed by atoms with van der Waals surface area (Å²) in [5, 5.41) is 6.94. The van der Waals surface area contributed by atoms with Gasteiger partial charge in [0.05, 0.1) is 12.1 Å². The zero-order valence-electron chi connectivity index (χ0n) is 10.8. The van der Waals surface area contributed by atoms with Crippen molar-refractivity contribution in [1.82, 2.24) is 9.97 Å². The third-order valence-corrected chi connectivity index (χ3v) is 2.57. The zero-order chi connectivity index (χ0) is 13.7. The van der Waals surface area contributed by atoms with Gasteiger partial charge in [-0.3, -0.25) is 4.79 Å². The summed E-state index contributed by atoms with van der Waals surface area (Å²) in [6.07, 6.45) is 0.986. The van der Waals surface area contributed by atoms with Crippen LogP contribution in [0.2, 0.25) is 0 Å². The second kappa shape index (κ2) is 5.99. The summed E-state index contributed by atoms with van der Waals surface area (Å²) in [5.74, 6) is 0.737. The zero-order valence-corrected chi connectivity index (χ0v) is 10.8. The fourth-order valence-corrected chi connectivity index (χ4v) is 1.70. The van der Waals surface area contributed by atoms with E-state index in [0.29, 0.717) is 11.8 Å². The van der Waals surface area contributed by atoms with E-state index >= 15 is 0 Å². The van der Waals surface area contributed by atoms with Gasteiger partial charge in [0.25, 0.3) is 0 Å². The smallest absolute Gasteiger partial charge is 0.236 e. The first kappa shape index (κ1) is 13.1. The molecule has 0 bridgehead atoms. The Kier molecular flexibility index (Phi) is 4.12. The van der Waals surface area contributed by atoms with Crippen LogP contribution in [0.5, 0.6) is 0 Å². The van der Waals surface area contributed by atoms with Crippen molar-refractivity contribution in [2.45, 2.75) is 13.3 Å². The van der Waals surface area contributed by atoms with Gasteiger partial charge in [-0.2, -0.15) is 4.98 Å². The summed E-state index contributed by atoms with van der Waals surface area (Å²) in [5.41, 5.74) is 5.96. The maximum absolute atomic E-state index is 10.9. The van der Waals surface area contributed by atoms with Gasteiger partial charge in [-0.25, -0.2) is 4.98 Å². The van der Waals surface area contributed by atoms with Gasteiger partial charge in [0.15, 0.2) is 0 Å². The minimum atomic E-state index is -0.425. The molecule has 0 unspecified atom stereocenters. The lowest BCUT2D eigenvalue weighted by Crippen LogP contribution is -2.22. The number of carbonyl (C=O) groups excluding carboxylic acids is 1. The number of para-hydroxylation sites is 1. The van der Waals surface area contributed by atoms with Gasteiger partial charge in [-0.15, -0.1) is 0 Å². The van der Waals surface area contributed by atoms with E-state index in [-0.39, 0.29) is 6.54 Å². The van der Waals surface area contributed by atoms with Crippen LogP contribution in [0.4, 0.5) is 11.8 Å². The maximum Gasteiger partial charge on any atom is 0.236 e. The Balaban J connectivity index is 2.36. The van der Waals surface area contributed by atoms with E-state index in [2.05, 4.69) is 27.5 Å². The van der Waals surface area contributed by atoms with Crippen LogP contribution in [0.25, 0.3) is 10.9 Å². The van der Waals surface area contributed by atoms with E-state index in [4.69, 9.17) is 5.73 Å². The molecule has 1 aromatic heterocycles. The summed E-state index contributed by atoms with van der Waals surface area (Å²) in [4.78, 5) is 19.7. The molecule has 19 heavy (non-hydrogen) atoms. The molecule has 2 rings (SSSR count). The molecule has 6 heteroatoms. The average Bonchev–Trinajstić information content (AvgIpc) is 2.42. The molecule has 0 saturated carbocycles. The number of hydrogen-bond donors (Lipinski definition) is 3. The Hall–Kier alpha value is -2.37. The molecular formula is C13H17N5O. The second-order valence-corrected chi connectivity index (χ2v) is 4.16. The number of aromatic nitrogens is 2. The number of fused-ring (bicyclic) bond motifs is 1. The van der Waals surface area contributed by atoms with Crippen LogP contribution in [-0.4, -0.2) is 29.0 Å². The molecule has 0 atom stereocenters. The molecule has 1 amide bonds. The minimum absolute atomic E-state index is 0.0498. The highest BCUT2D eigenvalue weighted by Crippen LogP contribution is 2.21. The molecule has 0 spiro atoms. The fourth-order valence-electron chi connectivity index (χ4n) is 1.70. The molecule has 0 radical (unpaired) electrons. The Morgan fingerprint density at radius 3 is 2.79 bits per heavy atom. The van der Waals surface area contributed by atoms with E-state index in [0.717, 1.165) is 23.9 Å². The van der Waals surface area contributed by atoms with Crippen LogP contribution in [0.3, 0.4) is 0 Å². The molecule has 1 aromatic carbocycles. The molecule has 1 heterocycles. The van der Waals surface area contributed by atoms with Crippen LogP contribution < -0.4 is 16.4 Å². The summed E-state index contributed by atoms with van der Waals surface area (Å²) in [6.45, 7) is 2.92. The number of primary amides is 1. The molecule has 6 nitrogen and oxygen atoms in total. The predicted octanol–water partition coefficient (Wildman–Crippen LogP) is 1.35. The third kappa shape index (κ3) is 3.31. The topological polar surface area (TPSA) is 92.9 Å². The lowest BCUT2D eigenvalue weighted by molar-refractivity contribution is -0.116. The van der Waals surface area contributed by atoms with E-state index in [1.807, 2.05) is 24.3 Å². The number of nitrogens with zero attached hydrogens (tertiary/aromatic N) is 2. The van der Waals surface area contributed by atoms with Crippen LogP contribution in [0.15, 0.2) is 24.3 Å². The summed E-state index contributed by atoms with van der Waals surface area (Å²) in [7, 11) is 0. The molecule has 4 N–H and O–H groups in total. The van der Waals surface area contributed by atoms with Crippen molar-refractivity contribution in [3.05, 3.63) is 24.3 Å². The Morgan fingerprint density at radius 1 is 1.26 bits per heavy atom. The summed E-state index contributed by atoms with van der Waals surface area (Å²) in [6, 6.07) is 7.63. The summed E-state index contributed by atoms with van der Waals surface area (Å²) >= 11 is 0. The number of carbonyl (C=O) groups is 1. The molecule has 0 fully saturated rings. The number of benzene rings is 1. The van der Waals surface area contributed by atoms with Gasteiger partial charge in [0, 0.05) is 11.9 Å². The first-order valence-corrected chi connectivity index (χ1v) is 6.23. The monoisotopic (exact) mass is 259 g/mol. The van der Waals surface area contributed by atoms with Crippen LogP contribution >= 0.6 is 0 Å². The number of hydrogen-bond acceptors (Lipinski definition) is 5. The van der Waals surface area contributed by atoms with Gasteiger partial charge in [-0.05, 0) is 18.6 Å². The van der Waals surface area contributed by atoms with Crippen LogP contribution in [-0.2, 0) is 4.79 Å². The number of amides is 1. The van der Waals surface area contributed by atoms with Crippen molar-refractivity contribution < 1.29 is 4.79 Å². The maximum atomic E-state index is 10.9. The molecule has 0 aliphatic rings. The van der Waals surface area contributed by atoms with Crippen molar-refractivity contribution in [1.29, 1.82) is 0 Å². The highest BCUT2D eigenvalue weighted by atomic mass is 16.1.